The second kappa shape index (κ2) is 11.1. The number of nitrogens with zero attached hydrogens (tertiary/aromatic N) is 1. The molecule has 1 aromatic heterocycles. The maximum atomic E-state index is 11.2. The van der Waals surface area contributed by atoms with Gasteiger partial charge in [0.15, 0.2) is 5.60 Å². The van der Waals surface area contributed by atoms with Crippen LogP contribution >= 0.6 is 0 Å². The average Bonchev–Trinajstić information content (AvgIpc) is 3.25. The molecular weight excluding hydrogens is 474 g/mol. The Morgan fingerprint density at radius 3 is 2.24 bits per heavy atom. The van der Waals surface area contributed by atoms with Crippen LogP contribution in [0.4, 0.5) is 0 Å². The fourth-order valence-electron chi connectivity index (χ4n) is 3.46. The van der Waals surface area contributed by atoms with E-state index in [1.165, 1.54) is 13.8 Å². The van der Waals surface area contributed by atoms with Gasteiger partial charge in [-0.1, -0.05) is 6.07 Å². The molecule has 0 unspecified atom stereocenters. The molecule has 4 rings (SSSR count). The van der Waals surface area contributed by atoms with Crippen molar-refractivity contribution in [2.75, 3.05) is 13.7 Å². The normalized spacial score (nSPS) is 11.1. The van der Waals surface area contributed by atoms with Crippen molar-refractivity contribution in [3.05, 3.63) is 84.3 Å². The Morgan fingerprint density at radius 2 is 1.57 bits per heavy atom. The maximum absolute atomic E-state index is 11.2. The summed E-state index contributed by atoms with van der Waals surface area (Å²) >= 11 is 0. The number of rotatable bonds is 11. The van der Waals surface area contributed by atoms with Crippen LogP contribution < -0.4 is 18.9 Å². The van der Waals surface area contributed by atoms with Gasteiger partial charge in [-0.3, -0.25) is 0 Å². The molecule has 1 heterocycles. The van der Waals surface area contributed by atoms with Gasteiger partial charge in [-0.2, -0.15) is 0 Å². The molecule has 8 nitrogen and oxygen atoms in total. The number of oxazole rings is 1. The van der Waals surface area contributed by atoms with Crippen molar-refractivity contribution < 1.29 is 33.3 Å². The van der Waals surface area contributed by atoms with Crippen LogP contribution in [-0.4, -0.2) is 35.4 Å². The van der Waals surface area contributed by atoms with Crippen LogP contribution in [0.5, 0.6) is 28.7 Å². The molecule has 0 aliphatic carbocycles. The third-order valence-electron chi connectivity index (χ3n) is 5.59. The molecular formula is C29H29NO7. The lowest BCUT2D eigenvalue weighted by Crippen LogP contribution is -2.37. The van der Waals surface area contributed by atoms with Crippen molar-refractivity contribution >= 4 is 5.97 Å². The Morgan fingerprint density at radius 1 is 0.919 bits per heavy atom. The monoisotopic (exact) mass is 503 g/mol. The number of hydrogen-bond donors (Lipinski definition) is 1. The third-order valence-corrected chi connectivity index (χ3v) is 5.59. The van der Waals surface area contributed by atoms with E-state index in [-0.39, 0.29) is 0 Å². The van der Waals surface area contributed by atoms with Gasteiger partial charge in [-0.05, 0) is 81.4 Å². The zero-order valence-electron chi connectivity index (χ0n) is 21.2. The van der Waals surface area contributed by atoms with Crippen LogP contribution in [0.15, 0.2) is 77.2 Å². The molecule has 8 heteroatoms. The molecule has 192 valence electrons. The van der Waals surface area contributed by atoms with Crippen molar-refractivity contribution in [3.63, 3.8) is 0 Å². The highest BCUT2D eigenvalue weighted by atomic mass is 16.5. The van der Waals surface area contributed by atoms with Crippen LogP contribution in [0.3, 0.4) is 0 Å². The van der Waals surface area contributed by atoms with Gasteiger partial charge in [0.25, 0.3) is 0 Å². The first-order valence-corrected chi connectivity index (χ1v) is 11.8. The van der Waals surface area contributed by atoms with E-state index in [1.807, 2.05) is 55.5 Å². The summed E-state index contributed by atoms with van der Waals surface area (Å²) in [5.74, 6) is 3.44. The first kappa shape index (κ1) is 25.6. The molecule has 1 N–H and O–H groups in total. The molecule has 0 saturated carbocycles. The van der Waals surface area contributed by atoms with Crippen LogP contribution in [0, 0.1) is 6.92 Å². The number of aliphatic carboxylic acids is 1. The molecule has 4 aromatic rings. The number of methoxy groups -OCH3 is 1. The van der Waals surface area contributed by atoms with Crippen molar-refractivity contribution in [3.8, 4) is 40.2 Å². The van der Waals surface area contributed by atoms with Gasteiger partial charge in [-0.15, -0.1) is 0 Å². The van der Waals surface area contributed by atoms with Crippen LogP contribution in [0.25, 0.3) is 11.5 Å². The molecule has 0 bridgehead atoms. The first-order valence-electron chi connectivity index (χ1n) is 11.8. The Hall–Kier alpha value is -4.46. The van der Waals surface area contributed by atoms with Crippen molar-refractivity contribution in [2.24, 2.45) is 0 Å². The summed E-state index contributed by atoms with van der Waals surface area (Å²) in [7, 11) is 1.62. The minimum Gasteiger partial charge on any atom is -0.497 e. The molecule has 3 aromatic carbocycles. The lowest BCUT2D eigenvalue weighted by molar-refractivity contribution is -0.152. The molecule has 0 spiro atoms. The summed E-state index contributed by atoms with van der Waals surface area (Å²) in [6, 6.07) is 21.8. The number of carboxylic acid groups (broad SMARTS) is 1. The molecule has 0 radical (unpaired) electrons. The highest BCUT2D eigenvalue weighted by Crippen LogP contribution is 2.29. The predicted molar refractivity (Wildman–Crippen MR) is 138 cm³/mol. The van der Waals surface area contributed by atoms with E-state index in [2.05, 4.69) is 4.98 Å². The SMILES string of the molecule is COc1cccc(Oc2ccc(-c3nc(CCOc4ccc(OC(C)(C)C(=O)O)cc4)c(C)o3)cc2)c1. The summed E-state index contributed by atoms with van der Waals surface area (Å²) in [5.41, 5.74) is 0.344. The van der Waals surface area contributed by atoms with Gasteiger partial charge in [-0.25, -0.2) is 9.78 Å². The quantitative estimate of drug-likeness (QED) is 0.254. The number of benzene rings is 3. The minimum atomic E-state index is -1.31. The molecule has 0 aliphatic rings. The lowest BCUT2D eigenvalue weighted by Gasteiger charge is -2.21. The van der Waals surface area contributed by atoms with E-state index < -0.39 is 11.6 Å². The van der Waals surface area contributed by atoms with Crippen LogP contribution in [-0.2, 0) is 11.2 Å². The molecule has 0 saturated heterocycles. The van der Waals surface area contributed by atoms with E-state index in [0.717, 1.165) is 22.8 Å². The average molecular weight is 504 g/mol. The van der Waals surface area contributed by atoms with E-state index in [1.54, 1.807) is 31.4 Å². The topological polar surface area (TPSA) is 100 Å². The van der Waals surface area contributed by atoms with Crippen molar-refractivity contribution in [1.82, 2.24) is 4.98 Å². The number of ether oxygens (including phenoxy) is 4. The summed E-state index contributed by atoms with van der Waals surface area (Å²) < 4.78 is 28.3. The fourth-order valence-corrected chi connectivity index (χ4v) is 3.46. The highest BCUT2D eigenvalue weighted by molar-refractivity contribution is 5.76. The minimum absolute atomic E-state index is 0.404. The lowest BCUT2D eigenvalue weighted by atomic mass is 10.1. The number of carboxylic acids is 1. The number of aryl methyl sites for hydroxylation is 1. The largest absolute Gasteiger partial charge is 0.497 e. The van der Waals surface area contributed by atoms with Gasteiger partial charge in [0.05, 0.1) is 19.4 Å². The van der Waals surface area contributed by atoms with Crippen LogP contribution in [0.2, 0.25) is 0 Å². The third kappa shape index (κ3) is 6.61. The fraction of sp³-hybridized carbons (Fsp3) is 0.241. The Balaban J connectivity index is 1.32. The van der Waals surface area contributed by atoms with Gasteiger partial charge in [0.2, 0.25) is 5.89 Å². The zero-order valence-corrected chi connectivity index (χ0v) is 21.2. The summed E-state index contributed by atoms with van der Waals surface area (Å²) in [5, 5.41) is 9.19. The Labute approximate surface area is 215 Å². The Kier molecular flexibility index (Phi) is 7.67. The van der Waals surface area contributed by atoms with E-state index in [9.17, 15) is 9.90 Å². The van der Waals surface area contributed by atoms with Gasteiger partial charge < -0.3 is 28.5 Å². The molecule has 0 atom stereocenters. The highest BCUT2D eigenvalue weighted by Gasteiger charge is 2.29. The van der Waals surface area contributed by atoms with E-state index >= 15 is 0 Å². The zero-order chi connectivity index (χ0) is 26.4. The number of hydrogen-bond acceptors (Lipinski definition) is 7. The second-order valence-electron chi connectivity index (χ2n) is 8.81. The van der Waals surface area contributed by atoms with E-state index in [4.69, 9.17) is 23.4 Å². The molecule has 0 amide bonds. The standard InChI is InChI=1S/C29H29NO7/c1-19-26(16-17-34-21-12-14-23(15-13-21)37-29(2,3)28(31)32)30-27(35-19)20-8-10-22(11-9-20)36-25-7-5-6-24(18-25)33-4/h5-15,18H,16-17H2,1-4H3,(H,31,32). The van der Waals surface area contributed by atoms with Gasteiger partial charge in [0, 0.05) is 18.1 Å². The van der Waals surface area contributed by atoms with Gasteiger partial charge >= 0.3 is 5.97 Å². The van der Waals surface area contributed by atoms with Crippen LogP contribution in [0.1, 0.15) is 25.3 Å². The molecule has 0 aliphatic heterocycles. The molecule has 0 fully saturated rings. The number of aromatic nitrogens is 1. The van der Waals surface area contributed by atoms with Crippen molar-refractivity contribution in [1.29, 1.82) is 0 Å². The first-order chi connectivity index (χ1) is 17.7. The maximum Gasteiger partial charge on any atom is 0.347 e. The second-order valence-corrected chi connectivity index (χ2v) is 8.81. The smallest absolute Gasteiger partial charge is 0.347 e. The summed E-state index contributed by atoms with van der Waals surface area (Å²) in [4.78, 5) is 15.9. The summed E-state index contributed by atoms with van der Waals surface area (Å²) in [6.07, 6.45) is 0.566. The van der Waals surface area contributed by atoms with Gasteiger partial charge in [0.1, 0.15) is 34.5 Å². The Bertz CT molecular complexity index is 1340. The van der Waals surface area contributed by atoms with Crippen molar-refractivity contribution in [2.45, 2.75) is 32.8 Å². The number of carbonyl (C=O) groups is 1. The predicted octanol–water partition coefficient (Wildman–Crippen LogP) is 6.31. The van der Waals surface area contributed by atoms with E-state index in [0.29, 0.717) is 41.9 Å². The summed E-state index contributed by atoms with van der Waals surface area (Å²) in [6.45, 7) is 5.28. The molecule has 37 heavy (non-hydrogen) atoms.